The summed E-state index contributed by atoms with van der Waals surface area (Å²) in [6.45, 7) is 3.92. The lowest BCUT2D eigenvalue weighted by atomic mass is 9.84. The van der Waals surface area contributed by atoms with E-state index in [-0.39, 0.29) is 11.3 Å². The van der Waals surface area contributed by atoms with Gasteiger partial charge in [-0.25, -0.2) is 0 Å². The van der Waals surface area contributed by atoms with Crippen LogP contribution in [0.25, 0.3) is 0 Å². The number of amides is 1. The zero-order valence-corrected chi connectivity index (χ0v) is 15.9. The van der Waals surface area contributed by atoms with Gasteiger partial charge in [-0.2, -0.15) is 11.8 Å². The fourth-order valence-electron chi connectivity index (χ4n) is 3.71. The number of hydrogen-bond acceptors (Lipinski definition) is 3. The molecule has 132 valence electrons. The molecule has 1 amide bonds. The first-order valence-corrected chi connectivity index (χ1v) is 9.70. The van der Waals surface area contributed by atoms with Crippen molar-refractivity contribution in [3.63, 3.8) is 0 Å². The van der Waals surface area contributed by atoms with Gasteiger partial charge in [0.25, 0.3) is 0 Å². The van der Waals surface area contributed by atoms with E-state index in [0.717, 1.165) is 38.2 Å². The number of carbonyl (C=O) groups excluding carboxylic acids is 1. The summed E-state index contributed by atoms with van der Waals surface area (Å²) in [4.78, 5) is 18.7. The fourth-order valence-corrected chi connectivity index (χ4v) is 4.96. The summed E-state index contributed by atoms with van der Waals surface area (Å²) in [7, 11) is 5.51. The van der Waals surface area contributed by atoms with Gasteiger partial charge in [0.15, 0.2) is 5.96 Å². The van der Waals surface area contributed by atoms with Crippen LogP contribution in [0.4, 0.5) is 0 Å². The lowest BCUT2D eigenvalue weighted by Gasteiger charge is -2.32. The van der Waals surface area contributed by atoms with Gasteiger partial charge in [-0.05, 0) is 38.4 Å². The van der Waals surface area contributed by atoms with Crippen LogP contribution in [-0.2, 0) is 4.79 Å². The molecule has 1 unspecified atom stereocenters. The van der Waals surface area contributed by atoms with Crippen molar-refractivity contribution in [2.45, 2.75) is 50.2 Å². The molecule has 2 N–H and O–H groups in total. The highest BCUT2D eigenvalue weighted by Gasteiger charge is 2.42. The monoisotopic (exact) mass is 340 g/mol. The number of hydrogen-bond donors (Lipinski definition) is 2. The van der Waals surface area contributed by atoms with Crippen molar-refractivity contribution in [1.29, 1.82) is 0 Å². The van der Waals surface area contributed by atoms with Crippen LogP contribution in [0.3, 0.4) is 0 Å². The number of carbonyl (C=O) groups is 1. The maximum Gasteiger partial charge on any atom is 0.230 e. The van der Waals surface area contributed by atoms with Crippen LogP contribution in [0.5, 0.6) is 0 Å². The SMILES string of the molecule is CN=C(NCC1(C)CCCS1)NCC1(C(=O)N(C)C)CCCC1. The molecule has 1 saturated heterocycles. The topological polar surface area (TPSA) is 56.7 Å². The van der Waals surface area contributed by atoms with E-state index in [2.05, 4.69) is 22.5 Å². The minimum Gasteiger partial charge on any atom is -0.355 e. The lowest BCUT2D eigenvalue weighted by Crippen LogP contribution is -2.50. The molecule has 0 aromatic heterocycles. The molecule has 1 aliphatic carbocycles. The summed E-state index contributed by atoms with van der Waals surface area (Å²) in [5.41, 5.74) is -0.257. The minimum absolute atomic E-state index is 0.247. The second kappa shape index (κ2) is 7.77. The van der Waals surface area contributed by atoms with Gasteiger partial charge < -0.3 is 15.5 Å². The van der Waals surface area contributed by atoms with Crippen molar-refractivity contribution in [1.82, 2.24) is 15.5 Å². The smallest absolute Gasteiger partial charge is 0.230 e. The number of aliphatic imine (C=N–C) groups is 1. The van der Waals surface area contributed by atoms with Crippen LogP contribution in [0.1, 0.15) is 45.4 Å². The van der Waals surface area contributed by atoms with Crippen molar-refractivity contribution >= 4 is 23.6 Å². The molecule has 1 heterocycles. The largest absolute Gasteiger partial charge is 0.355 e. The van der Waals surface area contributed by atoms with Crippen LogP contribution in [0.2, 0.25) is 0 Å². The molecule has 0 spiro atoms. The summed E-state index contributed by atoms with van der Waals surface area (Å²) >= 11 is 2.04. The third-order valence-corrected chi connectivity index (χ3v) is 6.71. The van der Waals surface area contributed by atoms with E-state index in [1.54, 1.807) is 11.9 Å². The molecule has 0 aromatic rings. The van der Waals surface area contributed by atoms with Crippen LogP contribution in [0.15, 0.2) is 4.99 Å². The molecule has 5 nitrogen and oxygen atoms in total. The number of nitrogens with zero attached hydrogens (tertiary/aromatic N) is 2. The van der Waals surface area contributed by atoms with Gasteiger partial charge in [0.1, 0.15) is 0 Å². The Balaban J connectivity index is 1.89. The van der Waals surface area contributed by atoms with Crippen LogP contribution in [-0.4, -0.2) is 61.5 Å². The maximum atomic E-state index is 12.6. The van der Waals surface area contributed by atoms with E-state index in [9.17, 15) is 4.79 Å². The van der Waals surface area contributed by atoms with E-state index in [4.69, 9.17) is 0 Å². The van der Waals surface area contributed by atoms with Crippen LogP contribution < -0.4 is 10.6 Å². The first-order valence-electron chi connectivity index (χ1n) is 8.71. The molecule has 1 aliphatic heterocycles. The molecule has 0 aromatic carbocycles. The molecule has 6 heteroatoms. The average molecular weight is 341 g/mol. The molecule has 23 heavy (non-hydrogen) atoms. The fraction of sp³-hybridized carbons (Fsp3) is 0.882. The highest BCUT2D eigenvalue weighted by atomic mass is 32.2. The molecule has 1 saturated carbocycles. The Hall–Kier alpha value is -0.910. The van der Waals surface area contributed by atoms with Crippen molar-refractivity contribution in [3.05, 3.63) is 0 Å². The Kier molecular flexibility index (Phi) is 6.23. The third-order valence-electron chi connectivity index (χ3n) is 5.17. The minimum atomic E-state index is -0.257. The second-order valence-electron chi connectivity index (χ2n) is 7.37. The molecule has 2 rings (SSSR count). The van der Waals surface area contributed by atoms with Crippen molar-refractivity contribution in [2.24, 2.45) is 10.4 Å². The number of nitrogens with one attached hydrogen (secondary N) is 2. The van der Waals surface area contributed by atoms with Crippen molar-refractivity contribution < 1.29 is 4.79 Å². The van der Waals surface area contributed by atoms with Gasteiger partial charge in [-0.3, -0.25) is 9.79 Å². The summed E-state index contributed by atoms with van der Waals surface area (Å²) in [5.74, 6) is 2.32. The highest BCUT2D eigenvalue weighted by Crippen LogP contribution is 2.39. The first kappa shape index (κ1) is 18.4. The number of guanidine groups is 1. The van der Waals surface area contributed by atoms with Gasteiger partial charge in [0.05, 0.1) is 5.41 Å². The number of thioether (sulfide) groups is 1. The number of rotatable bonds is 5. The molecule has 0 radical (unpaired) electrons. The Morgan fingerprint density at radius 2 is 1.78 bits per heavy atom. The van der Waals surface area contributed by atoms with Crippen LogP contribution >= 0.6 is 11.8 Å². The predicted octanol–water partition coefficient (Wildman–Crippen LogP) is 2.09. The van der Waals surface area contributed by atoms with Gasteiger partial charge in [-0.1, -0.05) is 12.8 Å². The molecule has 0 bridgehead atoms. The van der Waals surface area contributed by atoms with Gasteiger partial charge in [0.2, 0.25) is 5.91 Å². The second-order valence-corrected chi connectivity index (χ2v) is 9.05. The van der Waals surface area contributed by atoms with Crippen LogP contribution in [0, 0.1) is 5.41 Å². The predicted molar refractivity (Wildman–Crippen MR) is 99.1 cm³/mol. The quantitative estimate of drug-likeness (QED) is 0.594. The van der Waals surface area contributed by atoms with E-state index in [1.807, 2.05) is 25.9 Å². The van der Waals surface area contributed by atoms with Crippen molar-refractivity contribution in [2.75, 3.05) is 40.0 Å². The van der Waals surface area contributed by atoms with Gasteiger partial charge in [0, 0.05) is 39.0 Å². The first-order chi connectivity index (χ1) is 10.9. The summed E-state index contributed by atoms with van der Waals surface area (Å²) < 4.78 is 0.308. The molecule has 1 atom stereocenters. The summed E-state index contributed by atoms with van der Waals surface area (Å²) in [6.07, 6.45) is 6.78. The standard InChI is InChI=1S/C17H32N4OS/c1-16(8-7-11-23-16)12-19-15(18-2)20-13-17(9-5-6-10-17)14(22)21(3)4/h5-13H2,1-4H3,(H2,18,19,20). The van der Waals surface area contributed by atoms with Crippen molar-refractivity contribution in [3.8, 4) is 0 Å². The van der Waals surface area contributed by atoms with E-state index in [0.29, 0.717) is 11.3 Å². The van der Waals surface area contributed by atoms with E-state index in [1.165, 1.54) is 18.6 Å². The molecular formula is C17H32N4OS. The van der Waals surface area contributed by atoms with E-state index < -0.39 is 0 Å². The molecular weight excluding hydrogens is 308 g/mol. The lowest BCUT2D eigenvalue weighted by molar-refractivity contribution is -0.138. The Morgan fingerprint density at radius 3 is 2.30 bits per heavy atom. The van der Waals surface area contributed by atoms with E-state index >= 15 is 0 Å². The maximum absolute atomic E-state index is 12.6. The summed E-state index contributed by atoms with van der Waals surface area (Å²) in [5, 5.41) is 6.87. The Morgan fingerprint density at radius 1 is 1.13 bits per heavy atom. The Labute approximate surface area is 145 Å². The Bertz CT molecular complexity index is 438. The molecule has 2 fully saturated rings. The highest BCUT2D eigenvalue weighted by molar-refractivity contribution is 8.00. The average Bonchev–Trinajstić information content (AvgIpc) is 3.17. The summed E-state index contributed by atoms with van der Waals surface area (Å²) in [6, 6.07) is 0. The zero-order valence-electron chi connectivity index (χ0n) is 15.1. The normalized spacial score (nSPS) is 27.0. The third kappa shape index (κ3) is 4.55. The molecule has 2 aliphatic rings. The van der Waals surface area contributed by atoms with Gasteiger partial charge >= 0.3 is 0 Å². The zero-order chi connectivity index (χ0) is 16.9. The van der Waals surface area contributed by atoms with Gasteiger partial charge in [-0.15, -0.1) is 0 Å².